The van der Waals surface area contributed by atoms with Crippen LogP contribution in [-0.4, -0.2) is 38.2 Å². The molecule has 9 heteroatoms. The number of hydrogen-bond acceptors (Lipinski definition) is 5. The number of nitrogens with zero attached hydrogens (tertiary/aromatic N) is 2. The Bertz CT molecular complexity index is 949. The van der Waals surface area contributed by atoms with Gasteiger partial charge >= 0.3 is 5.97 Å². The van der Waals surface area contributed by atoms with E-state index in [4.69, 9.17) is 5.11 Å². The number of benzene rings is 1. The van der Waals surface area contributed by atoms with Gasteiger partial charge in [0, 0.05) is 5.92 Å². The number of carbonyl (C=O) groups excluding carboxylic acids is 1. The van der Waals surface area contributed by atoms with Crippen LogP contribution in [0.4, 0.5) is 4.39 Å². The number of nitrogens with one attached hydrogen (secondary N) is 1. The summed E-state index contributed by atoms with van der Waals surface area (Å²) >= 11 is 0. The van der Waals surface area contributed by atoms with Gasteiger partial charge in [-0.1, -0.05) is 19.3 Å². The van der Waals surface area contributed by atoms with Crippen LogP contribution in [0.2, 0.25) is 0 Å². The fourth-order valence-electron chi connectivity index (χ4n) is 3.44. The van der Waals surface area contributed by atoms with Gasteiger partial charge in [-0.05, 0) is 37.1 Å². The summed E-state index contributed by atoms with van der Waals surface area (Å²) in [5.74, 6) is -3.34. The Morgan fingerprint density at radius 2 is 1.82 bits per heavy atom. The summed E-state index contributed by atoms with van der Waals surface area (Å²) in [7, 11) is 0. The first kappa shape index (κ1) is 19.5. The SMILES string of the molecule is O=C(O)CNC(=O)c1c(O)nc(C2CCCCC2)n(-c2ccc(F)cc2)c1=O. The van der Waals surface area contributed by atoms with Gasteiger partial charge in [-0.15, -0.1) is 0 Å². The van der Waals surface area contributed by atoms with Crippen LogP contribution in [-0.2, 0) is 4.79 Å². The van der Waals surface area contributed by atoms with Crippen molar-refractivity contribution in [1.82, 2.24) is 14.9 Å². The molecule has 148 valence electrons. The fourth-order valence-corrected chi connectivity index (χ4v) is 3.44. The van der Waals surface area contributed by atoms with E-state index in [1.807, 2.05) is 0 Å². The first-order chi connectivity index (χ1) is 13.4. The minimum Gasteiger partial charge on any atom is -0.493 e. The predicted octanol–water partition coefficient (Wildman–Crippen LogP) is 1.94. The molecule has 1 fully saturated rings. The van der Waals surface area contributed by atoms with Gasteiger partial charge in [0.1, 0.15) is 18.2 Å². The smallest absolute Gasteiger partial charge is 0.322 e. The number of carboxylic acid groups (broad SMARTS) is 1. The third-order valence-corrected chi connectivity index (χ3v) is 4.77. The summed E-state index contributed by atoms with van der Waals surface area (Å²) in [5.41, 5.74) is -1.17. The minimum atomic E-state index is -1.29. The molecule has 1 heterocycles. The standard InChI is InChI=1S/C19H20FN3O5/c20-12-6-8-13(9-7-12)23-16(11-4-2-1-3-5-11)22-18(27)15(19(23)28)17(26)21-10-14(24)25/h6-9,11,27H,1-5,10H2,(H,21,26)(H,24,25). The number of hydrogen-bond donors (Lipinski definition) is 3. The van der Waals surface area contributed by atoms with Crippen LogP contribution >= 0.6 is 0 Å². The Kier molecular flexibility index (Phi) is 5.72. The highest BCUT2D eigenvalue weighted by atomic mass is 19.1. The second-order valence-corrected chi connectivity index (χ2v) is 6.70. The molecule has 1 aromatic carbocycles. The zero-order chi connectivity index (χ0) is 20.3. The predicted molar refractivity (Wildman–Crippen MR) is 97.3 cm³/mol. The number of halogens is 1. The van der Waals surface area contributed by atoms with E-state index >= 15 is 0 Å². The number of carbonyl (C=O) groups is 2. The quantitative estimate of drug-likeness (QED) is 0.718. The van der Waals surface area contributed by atoms with Gasteiger partial charge in [0.05, 0.1) is 5.69 Å². The van der Waals surface area contributed by atoms with E-state index in [-0.39, 0.29) is 5.92 Å². The Morgan fingerprint density at radius 3 is 2.43 bits per heavy atom. The maximum absolute atomic E-state index is 13.3. The molecule has 1 aliphatic rings. The van der Waals surface area contributed by atoms with Crippen molar-refractivity contribution in [1.29, 1.82) is 0 Å². The van der Waals surface area contributed by atoms with E-state index in [1.165, 1.54) is 28.8 Å². The summed E-state index contributed by atoms with van der Waals surface area (Å²) in [5, 5.41) is 21.0. The first-order valence-electron chi connectivity index (χ1n) is 9.00. The van der Waals surface area contributed by atoms with E-state index in [0.29, 0.717) is 11.5 Å². The van der Waals surface area contributed by atoms with Crippen molar-refractivity contribution in [3.05, 3.63) is 51.8 Å². The van der Waals surface area contributed by atoms with E-state index in [1.54, 1.807) is 0 Å². The van der Waals surface area contributed by atoms with Crippen molar-refractivity contribution in [2.75, 3.05) is 6.54 Å². The number of aromatic hydroxyl groups is 1. The number of amides is 1. The molecular weight excluding hydrogens is 369 g/mol. The molecule has 0 spiro atoms. The largest absolute Gasteiger partial charge is 0.493 e. The molecule has 0 unspecified atom stereocenters. The van der Waals surface area contributed by atoms with Crippen LogP contribution in [0.5, 0.6) is 5.88 Å². The highest BCUT2D eigenvalue weighted by Crippen LogP contribution is 2.33. The molecule has 2 aromatic rings. The van der Waals surface area contributed by atoms with Gasteiger partial charge < -0.3 is 15.5 Å². The Morgan fingerprint density at radius 1 is 1.18 bits per heavy atom. The highest BCUT2D eigenvalue weighted by Gasteiger charge is 2.28. The van der Waals surface area contributed by atoms with Crippen LogP contribution in [0.25, 0.3) is 5.69 Å². The topological polar surface area (TPSA) is 122 Å². The average Bonchev–Trinajstić information content (AvgIpc) is 2.67. The van der Waals surface area contributed by atoms with E-state index in [2.05, 4.69) is 10.3 Å². The van der Waals surface area contributed by atoms with Crippen LogP contribution in [0, 0.1) is 5.82 Å². The Balaban J connectivity index is 2.15. The molecule has 8 nitrogen and oxygen atoms in total. The molecule has 1 aliphatic carbocycles. The normalized spacial score (nSPS) is 14.6. The lowest BCUT2D eigenvalue weighted by molar-refractivity contribution is -0.135. The summed E-state index contributed by atoms with van der Waals surface area (Å²) < 4.78 is 14.5. The van der Waals surface area contributed by atoms with Gasteiger partial charge in [0.25, 0.3) is 11.5 Å². The summed E-state index contributed by atoms with van der Waals surface area (Å²) in [6, 6.07) is 5.15. The Labute approximate surface area is 159 Å². The number of aliphatic carboxylic acids is 1. The first-order valence-corrected chi connectivity index (χ1v) is 9.00. The van der Waals surface area contributed by atoms with Gasteiger partial charge in [-0.25, -0.2) is 4.39 Å². The average molecular weight is 389 g/mol. The second kappa shape index (κ2) is 8.20. The second-order valence-electron chi connectivity index (χ2n) is 6.70. The van der Waals surface area contributed by atoms with Gasteiger partial charge in [-0.2, -0.15) is 4.98 Å². The third-order valence-electron chi connectivity index (χ3n) is 4.77. The summed E-state index contributed by atoms with van der Waals surface area (Å²) in [6.07, 6.45) is 4.52. The minimum absolute atomic E-state index is 0.0893. The summed E-state index contributed by atoms with van der Waals surface area (Å²) in [4.78, 5) is 40.1. The molecule has 0 saturated heterocycles. The number of carboxylic acids is 1. The van der Waals surface area contributed by atoms with Crippen molar-refractivity contribution < 1.29 is 24.2 Å². The third kappa shape index (κ3) is 4.03. The maximum atomic E-state index is 13.3. The lowest BCUT2D eigenvalue weighted by atomic mass is 9.88. The van der Waals surface area contributed by atoms with E-state index < -0.39 is 41.2 Å². The van der Waals surface area contributed by atoms with Crippen LogP contribution < -0.4 is 10.9 Å². The zero-order valence-electron chi connectivity index (χ0n) is 15.0. The molecule has 28 heavy (non-hydrogen) atoms. The van der Waals surface area contributed by atoms with Crippen molar-refractivity contribution in [3.8, 4) is 11.6 Å². The Hall–Kier alpha value is -3.23. The molecule has 3 rings (SSSR count). The molecule has 1 amide bonds. The summed E-state index contributed by atoms with van der Waals surface area (Å²) in [6.45, 7) is -0.710. The van der Waals surface area contributed by atoms with Crippen molar-refractivity contribution in [2.24, 2.45) is 0 Å². The van der Waals surface area contributed by atoms with Crippen molar-refractivity contribution >= 4 is 11.9 Å². The van der Waals surface area contributed by atoms with Gasteiger partial charge in [-0.3, -0.25) is 19.0 Å². The molecule has 1 aromatic heterocycles. The monoisotopic (exact) mass is 389 g/mol. The maximum Gasteiger partial charge on any atom is 0.322 e. The van der Waals surface area contributed by atoms with Crippen LogP contribution in [0.15, 0.2) is 29.1 Å². The van der Waals surface area contributed by atoms with E-state index in [0.717, 1.165) is 32.1 Å². The van der Waals surface area contributed by atoms with Crippen molar-refractivity contribution in [2.45, 2.75) is 38.0 Å². The van der Waals surface area contributed by atoms with E-state index in [9.17, 15) is 23.9 Å². The van der Waals surface area contributed by atoms with Crippen LogP contribution in [0.3, 0.4) is 0 Å². The molecule has 0 bridgehead atoms. The van der Waals surface area contributed by atoms with Gasteiger partial charge in [0.15, 0.2) is 5.56 Å². The molecule has 3 N–H and O–H groups in total. The molecule has 1 saturated carbocycles. The fraction of sp³-hybridized carbons (Fsp3) is 0.368. The lowest BCUT2D eigenvalue weighted by Crippen LogP contribution is -2.37. The zero-order valence-corrected chi connectivity index (χ0v) is 15.0. The lowest BCUT2D eigenvalue weighted by Gasteiger charge is -2.24. The van der Waals surface area contributed by atoms with Crippen molar-refractivity contribution in [3.63, 3.8) is 0 Å². The van der Waals surface area contributed by atoms with Gasteiger partial charge in [0.2, 0.25) is 5.88 Å². The molecule has 0 aliphatic heterocycles. The van der Waals surface area contributed by atoms with Crippen LogP contribution in [0.1, 0.15) is 54.2 Å². The molecular formula is C19H20FN3O5. The number of rotatable bonds is 5. The molecule has 0 radical (unpaired) electrons. The number of aromatic nitrogens is 2. The highest BCUT2D eigenvalue weighted by molar-refractivity contribution is 5.97. The molecule has 0 atom stereocenters.